The van der Waals surface area contributed by atoms with Gasteiger partial charge in [0.05, 0.1) is 12.2 Å². The molecule has 2 heterocycles. The number of rotatable bonds is 31. The minimum atomic E-state index is -0.314. The van der Waals surface area contributed by atoms with Gasteiger partial charge in [-0.2, -0.15) is 0 Å². The van der Waals surface area contributed by atoms with E-state index in [9.17, 15) is 0 Å². The van der Waals surface area contributed by atoms with Gasteiger partial charge in [0.15, 0.2) is 5.79 Å². The number of hydrogen-bond acceptors (Lipinski definition) is 3. The molecule has 274 valence electrons. The molecule has 0 radical (unpaired) electrons. The Morgan fingerprint density at radius 3 is 1.36 bits per heavy atom. The Balaban J connectivity index is 1.54. The lowest BCUT2D eigenvalue weighted by Gasteiger charge is -2.38. The van der Waals surface area contributed by atoms with Gasteiger partial charge in [-0.3, -0.25) is 0 Å². The van der Waals surface area contributed by atoms with Crippen molar-refractivity contribution < 1.29 is 9.47 Å². The summed E-state index contributed by atoms with van der Waals surface area (Å²) in [4.78, 5) is 2.45. The zero-order chi connectivity index (χ0) is 33.6. The van der Waals surface area contributed by atoms with E-state index in [2.05, 4.69) is 62.3 Å². The topological polar surface area (TPSA) is 21.7 Å². The van der Waals surface area contributed by atoms with E-state index in [-0.39, 0.29) is 11.4 Å². The van der Waals surface area contributed by atoms with Crippen molar-refractivity contribution in [1.82, 2.24) is 4.90 Å². The Hall–Kier alpha value is -0.900. The number of allylic oxidation sites excluding steroid dienone is 6. The van der Waals surface area contributed by atoms with Crippen LogP contribution in [0.15, 0.2) is 36.5 Å². The van der Waals surface area contributed by atoms with E-state index in [1.54, 1.807) is 0 Å². The van der Waals surface area contributed by atoms with Crippen LogP contribution in [0.2, 0.25) is 0 Å². The van der Waals surface area contributed by atoms with Gasteiger partial charge in [-0.25, -0.2) is 0 Å². The van der Waals surface area contributed by atoms with Crippen LogP contribution >= 0.6 is 0 Å². The lowest BCUT2D eigenvalue weighted by molar-refractivity contribution is -0.204. The molecule has 0 aromatic rings. The zero-order valence-electron chi connectivity index (χ0n) is 32.1. The summed E-state index contributed by atoms with van der Waals surface area (Å²) < 4.78 is 13.7. The SMILES string of the molecule is CCCCCC=CCC=CCCCCCCCCC1(CCCCCCCCC=CCCCCCCCC)OCC2(CCN(C)CC2)O1. The Labute approximate surface area is 294 Å². The maximum absolute atomic E-state index is 7.01. The number of hydrogen-bond donors (Lipinski definition) is 0. The van der Waals surface area contributed by atoms with Crippen LogP contribution in [0.1, 0.15) is 206 Å². The van der Waals surface area contributed by atoms with Gasteiger partial charge in [0.25, 0.3) is 0 Å². The number of piperidine rings is 1. The van der Waals surface area contributed by atoms with Crippen molar-refractivity contribution >= 4 is 0 Å². The Kier molecular flexibility index (Phi) is 26.0. The van der Waals surface area contributed by atoms with Gasteiger partial charge in [-0.1, -0.05) is 147 Å². The summed E-state index contributed by atoms with van der Waals surface area (Å²) >= 11 is 0. The third-order valence-corrected chi connectivity index (χ3v) is 10.7. The minimum absolute atomic E-state index is 0.0204. The molecule has 1 atom stereocenters. The molecular formula is C44H81NO2. The molecular weight excluding hydrogens is 574 g/mol. The molecule has 0 N–H and O–H groups in total. The van der Waals surface area contributed by atoms with Crippen molar-refractivity contribution in [1.29, 1.82) is 0 Å². The average Bonchev–Trinajstić information content (AvgIpc) is 3.43. The van der Waals surface area contributed by atoms with Crippen molar-refractivity contribution in [2.24, 2.45) is 0 Å². The van der Waals surface area contributed by atoms with E-state index < -0.39 is 0 Å². The molecule has 2 rings (SSSR count). The van der Waals surface area contributed by atoms with Crippen LogP contribution in [0.4, 0.5) is 0 Å². The van der Waals surface area contributed by atoms with E-state index in [0.29, 0.717) is 0 Å². The number of likely N-dealkylation sites (tertiary alicyclic amines) is 1. The molecule has 0 aromatic heterocycles. The maximum Gasteiger partial charge on any atom is 0.169 e. The number of unbranched alkanes of at least 4 members (excludes halogenated alkanes) is 21. The molecule has 2 saturated heterocycles. The highest BCUT2D eigenvalue weighted by Crippen LogP contribution is 2.43. The second kappa shape index (κ2) is 28.9. The third kappa shape index (κ3) is 21.7. The molecule has 1 unspecified atom stereocenters. The van der Waals surface area contributed by atoms with E-state index in [1.165, 1.54) is 161 Å². The number of ether oxygens (including phenoxy) is 2. The van der Waals surface area contributed by atoms with Crippen LogP contribution < -0.4 is 0 Å². The summed E-state index contributed by atoms with van der Waals surface area (Å²) in [5, 5.41) is 0. The fourth-order valence-corrected chi connectivity index (χ4v) is 7.38. The first-order chi connectivity index (χ1) is 23.1. The molecule has 0 bridgehead atoms. The third-order valence-electron chi connectivity index (χ3n) is 10.7. The van der Waals surface area contributed by atoms with Crippen LogP contribution in [-0.4, -0.2) is 43.0 Å². The van der Waals surface area contributed by atoms with Crippen molar-refractivity contribution in [3.05, 3.63) is 36.5 Å². The van der Waals surface area contributed by atoms with Crippen LogP contribution in [-0.2, 0) is 9.47 Å². The van der Waals surface area contributed by atoms with Gasteiger partial charge in [0.2, 0.25) is 0 Å². The van der Waals surface area contributed by atoms with Gasteiger partial charge in [-0.05, 0) is 90.5 Å². The average molecular weight is 656 g/mol. The van der Waals surface area contributed by atoms with Crippen molar-refractivity contribution in [2.45, 2.75) is 218 Å². The Bertz CT molecular complexity index is 780. The summed E-state index contributed by atoms with van der Waals surface area (Å²) in [7, 11) is 2.24. The summed E-state index contributed by atoms with van der Waals surface area (Å²) in [5.41, 5.74) is -0.0204. The molecule has 3 nitrogen and oxygen atoms in total. The molecule has 0 amide bonds. The highest BCUT2D eigenvalue weighted by atomic mass is 16.8. The monoisotopic (exact) mass is 656 g/mol. The van der Waals surface area contributed by atoms with Gasteiger partial charge in [0, 0.05) is 25.9 Å². The predicted molar refractivity (Wildman–Crippen MR) is 207 cm³/mol. The van der Waals surface area contributed by atoms with Crippen LogP contribution in [0.25, 0.3) is 0 Å². The second-order valence-corrected chi connectivity index (χ2v) is 15.3. The smallest absolute Gasteiger partial charge is 0.169 e. The molecule has 47 heavy (non-hydrogen) atoms. The van der Waals surface area contributed by atoms with Crippen molar-refractivity contribution in [3.8, 4) is 0 Å². The first kappa shape index (κ1) is 42.3. The minimum Gasteiger partial charge on any atom is -0.347 e. The summed E-state index contributed by atoms with van der Waals surface area (Å²) in [5.74, 6) is -0.314. The van der Waals surface area contributed by atoms with E-state index >= 15 is 0 Å². The van der Waals surface area contributed by atoms with E-state index in [1.807, 2.05) is 0 Å². The molecule has 3 heteroatoms. The van der Waals surface area contributed by atoms with E-state index in [4.69, 9.17) is 9.47 Å². The van der Waals surface area contributed by atoms with Gasteiger partial charge < -0.3 is 14.4 Å². The Morgan fingerprint density at radius 1 is 0.489 bits per heavy atom. The van der Waals surface area contributed by atoms with Gasteiger partial charge in [-0.15, -0.1) is 0 Å². The van der Waals surface area contributed by atoms with Crippen LogP contribution in [0.3, 0.4) is 0 Å². The number of nitrogens with zero attached hydrogens (tertiary/aromatic N) is 1. The second-order valence-electron chi connectivity index (χ2n) is 15.3. The van der Waals surface area contributed by atoms with Crippen molar-refractivity contribution in [3.63, 3.8) is 0 Å². The molecule has 2 aliphatic heterocycles. The largest absolute Gasteiger partial charge is 0.347 e. The first-order valence-electron chi connectivity index (χ1n) is 21.1. The molecule has 1 spiro atoms. The predicted octanol–water partition coefficient (Wildman–Crippen LogP) is 13.8. The highest BCUT2D eigenvalue weighted by Gasteiger charge is 2.50. The highest BCUT2D eigenvalue weighted by molar-refractivity contribution is 4.95. The maximum atomic E-state index is 7.01. The zero-order valence-corrected chi connectivity index (χ0v) is 32.1. The fourth-order valence-electron chi connectivity index (χ4n) is 7.38. The fraction of sp³-hybridized carbons (Fsp3) is 0.864. The van der Waals surface area contributed by atoms with Gasteiger partial charge in [0.1, 0.15) is 0 Å². The molecule has 0 aliphatic carbocycles. The summed E-state index contributed by atoms with van der Waals surface area (Å²) in [6.07, 6.45) is 53.3. The van der Waals surface area contributed by atoms with E-state index in [0.717, 1.165) is 51.8 Å². The standard InChI is InChI=1S/C44H81NO2/c1-4-6-8-10-12-14-16-18-20-22-24-26-28-30-32-34-36-44(46-42-43(47-44)38-40-45(3)41-39-43)37-35-33-31-29-27-25-23-21-19-17-15-13-11-9-7-5-2/h12,14,18-21H,4-11,13,15-17,22-42H2,1-3H3. The summed E-state index contributed by atoms with van der Waals surface area (Å²) in [6.45, 7) is 7.66. The molecule has 2 fully saturated rings. The first-order valence-corrected chi connectivity index (χ1v) is 21.1. The lowest BCUT2D eigenvalue weighted by Crippen LogP contribution is -2.46. The molecule has 0 aromatic carbocycles. The molecule has 0 saturated carbocycles. The van der Waals surface area contributed by atoms with Crippen LogP contribution in [0.5, 0.6) is 0 Å². The van der Waals surface area contributed by atoms with Crippen LogP contribution in [0, 0.1) is 0 Å². The molecule has 2 aliphatic rings. The van der Waals surface area contributed by atoms with Gasteiger partial charge >= 0.3 is 0 Å². The lowest BCUT2D eigenvalue weighted by atomic mass is 9.92. The van der Waals surface area contributed by atoms with Crippen molar-refractivity contribution in [2.75, 3.05) is 26.7 Å². The summed E-state index contributed by atoms with van der Waals surface area (Å²) in [6, 6.07) is 0. The quantitative estimate of drug-likeness (QED) is 0.0548. The normalized spacial score (nSPS) is 20.2. The Morgan fingerprint density at radius 2 is 0.872 bits per heavy atom.